The summed E-state index contributed by atoms with van der Waals surface area (Å²) in [5, 5.41) is 5.20. The monoisotopic (exact) mass is 397 g/mol. The van der Waals surface area contributed by atoms with Gasteiger partial charge in [0.05, 0.1) is 11.1 Å². The summed E-state index contributed by atoms with van der Waals surface area (Å²) in [5.74, 6) is 0.617. The predicted octanol–water partition coefficient (Wildman–Crippen LogP) is 6.03. The molecule has 0 radical (unpaired) electrons. The van der Waals surface area contributed by atoms with Crippen molar-refractivity contribution in [2.45, 2.75) is 19.8 Å². The van der Waals surface area contributed by atoms with Gasteiger partial charge in [0.25, 0.3) is 5.91 Å². The van der Waals surface area contributed by atoms with E-state index in [1.807, 2.05) is 42.5 Å². The molecule has 128 valence electrons. The minimum atomic E-state index is -0.143. The Morgan fingerprint density at radius 3 is 2.60 bits per heavy atom. The summed E-state index contributed by atoms with van der Waals surface area (Å²) in [7, 11) is 0. The van der Waals surface area contributed by atoms with Crippen molar-refractivity contribution in [1.82, 2.24) is 0 Å². The standard InChI is InChI=1S/C21H20BrNO2/c1-2-3-12-25-20-11-9-17(14-19(20)22)21(24)23-18-10-8-15-6-4-5-7-16(15)13-18/h4-11,13-14H,2-3,12H2,1H3,(H,23,24). The minimum absolute atomic E-state index is 0.143. The summed E-state index contributed by atoms with van der Waals surface area (Å²) < 4.78 is 6.49. The molecule has 1 amide bonds. The summed E-state index contributed by atoms with van der Waals surface area (Å²) in [6.45, 7) is 2.80. The van der Waals surface area contributed by atoms with Gasteiger partial charge in [-0.15, -0.1) is 0 Å². The summed E-state index contributed by atoms with van der Waals surface area (Å²) in [5.41, 5.74) is 1.37. The number of fused-ring (bicyclic) bond motifs is 1. The number of amides is 1. The molecule has 0 aliphatic carbocycles. The van der Waals surface area contributed by atoms with Gasteiger partial charge in [-0.3, -0.25) is 4.79 Å². The van der Waals surface area contributed by atoms with Crippen molar-refractivity contribution in [3.05, 3.63) is 70.7 Å². The van der Waals surface area contributed by atoms with E-state index >= 15 is 0 Å². The highest BCUT2D eigenvalue weighted by Crippen LogP contribution is 2.27. The van der Waals surface area contributed by atoms with Gasteiger partial charge < -0.3 is 10.1 Å². The van der Waals surface area contributed by atoms with Crippen molar-refractivity contribution in [2.75, 3.05) is 11.9 Å². The lowest BCUT2D eigenvalue weighted by atomic mass is 10.1. The van der Waals surface area contributed by atoms with Crippen LogP contribution >= 0.6 is 15.9 Å². The molecular weight excluding hydrogens is 378 g/mol. The van der Waals surface area contributed by atoms with E-state index in [0.29, 0.717) is 12.2 Å². The molecule has 0 unspecified atom stereocenters. The largest absolute Gasteiger partial charge is 0.492 e. The number of carbonyl (C=O) groups is 1. The highest BCUT2D eigenvalue weighted by atomic mass is 79.9. The Morgan fingerprint density at radius 1 is 1.04 bits per heavy atom. The van der Waals surface area contributed by atoms with E-state index in [1.54, 1.807) is 12.1 Å². The third kappa shape index (κ3) is 4.40. The molecule has 3 nitrogen and oxygen atoms in total. The van der Waals surface area contributed by atoms with E-state index in [9.17, 15) is 4.79 Å². The number of anilines is 1. The topological polar surface area (TPSA) is 38.3 Å². The number of unbranched alkanes of at least 4 members (excludes halogenated alkanes) is 1. The Morgan fingerprint density at radius 2 is 1.84 bits per heavy atom. The number of nitrogens with one attached hydrogen (secondary N) is 1. The zero-order valence-electron chi connectivity index (χ0n) is 14.1. The molecular formula is C21H20BrNO2. The zero-order valence-corrected chi connectivity index (χ0v) is 15.7. The van der Waals surface area contributed by atoms with Crippen molar-refractivity contribution < 1.29 is 9.53 Å². The van der Waals surface area contributed by atoms with Gasteiger partial charge in [-0.2, -0.15) is 0 Å². The second-order valence-electron chi connectivity index (χ2n) is 5.86. The number of ether oxygens (including phenoxy) is 1. The quantitative estimate of drug-likeness (QED) is 0.515. The Hall–Kier alpha value is -2.33. The molecule has 0 saturated heterocycles. The number of benzene rings is 3. The number of halogens is 1. The molecule has 0 atom stereocenters. The van der Waals surface area contributed by atoms with Crippen LogP contribution in [0.4, 0.5) is 5.69 Å². The van der Waals surface area contributed by atoms with Gasteiger partial charge in [-0.1, -0.05) is 43.7 Å². The Bertz CT molecular complexity index is 892. The van der Waals surface area contributed by atoms with Crippen molar-refractivity contribution in [2.24, 2.45) is 0 Å². The molecule has 0 aliphatic rings. The van der Waals surface area contributed by atoms with Crippen LogP contribution in [0.3, 0.4) is 0 Å². The molecule has 0 bridgehead atoms. The highest BCUT2D eigenvalue weighted by molar-refractivity contribution is 9.10. The second-order valence-corrected chi connectivity index (χ2v) is 6.72. The molecule has 25 heavy (non-hydrogen) atoms. The molecule has 0 fully saturated rings. The van der Waals surface area contributed by atoms with Crippen LogP contribution in [0.1, 0.15) is 30.1 Å². The van der Waals surface area contributed by atoms with Crippen molar-refractivity contribution >= 4 is 38.3 Å². The molecule has 3 rings (SSSR count). The van der Waals surface area contributed by atoms with Crippen LogP contribution in [0, 0.1) is 0 Å². The Balaban J connectivity index is 1.72. The minimum Gasteiger partial charge on any atom is -0.492 e. The lowest BCUT2D eigenvalue weighted by molar-refractivity contribution is 0.102. The summed E-state index contributed by atoms with van der Waals surface area (Å²) in [6, 6.07) is 19.4. The molecule has 0 saturated carbocycles. The van der Waals surface area contributed by atoms with E-state index < -0.39 is 0 Å². The number of carbonyl (C=O) groups excluding carboxylic acids is 1. The highest BCUT2D eigenvalue weighted by Gasteiger charge is 2.10. The van der Waals surface area contributed by atoms with E-state index in [0.717, 1.165) is 39.5 Å². The fourth-order valence-electron chi connectivity index (χ4n) is 2.56. The van der Waals surface area contributed by atoms with Gasteiger partial charge in [0.15, 0.2) is 0 Å². The summed E-state index contributed by atoms with van der Waals surface area (Å²) in [4.78, 5) is 12.5. The molecule has 0 aromatic heterocycles. The average Bonchev–Trinajstić information content (AvgIpc) is 2.63. The van der Waals surface area contributed by atoms with Crippen molar-refractivity contribution in [3.8, 4) is 5.75 Å². The van der Waals surface area contributed by atoms with Gasteiger partial charge >= 0.3 is 0 Å². The molecule has 3 aromatic rings. The van der Waals surface area contributed by atoms with E-state index in [2.05, 4.69) is 34.2 Å². The van der Waals surface area contributed by atoms with Crippen molar-refractivity contribution in [1.29, 1.82) is 0 Å². The number of rotatable bonds is 6. The first-order valence-electron chi connectivity index (χ1n) is 8.40. The fourth-order valence-corrected chi connectivity index (χ4v) is 3.05. The Labute approximate surface area is 156 Å². The molecule has 1 N–H and O–H groups in total. The molecule has 3 aromatic carbocycles. The van der Waals surface area contributed by atoms with Gasteiger partial charge in [0, 0.05) is 11.3 Å². The summed E-state index contributed by atoms with van der Waals surface area (Å²) in [6.07, 6.45) is 2.10. The maximum absolute atomic E-state index is 12.5. The number of hydrogen-bond donors (Lipinski definition) is 1. The predicted molar refractivity (Wildman–Crippen MR) is 106 cm³/mol. The lowest BCUT2D eigenvalue weighted by Crippen LogP contribution is -2.12. The van der Waals surface area contributed by atoms with E-state index in [1.165, 1.54) is 0 Å². The van der Waals surface area contributed by atoms with Crippen LogP contribution in [0.15, 0.2) is 65.1 Å². The third-order valence-electron chi connectivity index (χ3n) is 3.96. The first-order valence-corrected chi connectivity index (χ1v) is 9.19. The molecule has 0 aliphatic heterocycles. The van der Waals surface area contributed by atoms with E-state index in [4.69, 9.17) is 4.74 Å². The second kappa shape index (κ2) is 8.17. The maximum atomic E-state index is 12.5. The van der Waals surface area contributed by atoms with Crippen LogP contribution in [0.2, 0.25) is 0 Å². The van der Waals surface area contributed by atoms with Gasteiger partial charge in [0.1, 0.15) is 5.75 Å². The van der Waals surface area contributed by atoms with Crippen LogP contribution in [0.25, 0.3) is 10.8 Å². The Kier molecular flexibility index (Phi) is 5.71. The molecule has 0 spiro atoms. The van der Waals surface area contributed by atoms with Crippen LogP contribution < -0.4 is 10.1 Å². The maximum Gasteiger partial charge on any atom is 0.255 e. The zero-order chi connectivity index (χ0) is 17.6. The third-order valence-corrected chi connectivity index (χ3v) is 4.58. The van der Waals surface area contributed by atoms with Crippen LogP contribution in [0.5, 0.6) is 5.75 Å². The lowest BCUT2D eigenvalue weighted by Gasteiger charge is -2.10. The summed E-state index contributed by atoms with van der Waals surface area (Å²) >= 11 is 3.48. The molecule has 4 heteroatoms. The average molecular weight is 398 g/mol. The van der Waals surface area contributed by atoms with Gasteiger partial charge in [0.2, 0.25) is 0 Å². The smallest absolute Gasteiger partial charge is 0.255 e. The van der Waals surface area contributed by atoms with Gasteiger partial charge in [-0.05, 0) is 63.5 Å². The first-order chi connectivity index (χ1) is 12.2. The van der Waals surface area contributed by atoms with Crippen LogP contribution in [-0.2, 0) is 0 Å². The van der Waals surface area contributed by atoms with Gasteiger partial charge in [-0.25, -0.2) is 0 Å². The van der Waals surface area contributed by atoms with E-state index in [-0.39, 0.29) is 5.91 Å². The normalized spacial score (nSPS) is 10.6. The number of hydrogen-bond acceptors (Lipinski definition) is 2. The molecule has 0 heterocycles. The fraction of sp³-hybridized carbons (Fsp3) is 0.190. The first kappa shape index (κ1) is 17.5. The van der Waals surface area contributed by atoms with Crippen molar-refractivity contribution in [3.63, 3.8) is 0 Å². The SMILES string of the molecule is CCCCOc1ccc(C(=O)Nc2ccc3ccccc3c2)cc1Br. The van der Waals surface area contributed by atoms with Crippen LogP contribution in [-0.4, -0.2) is 12.5 Å².